The van der Waals surface area contributed by atoms with Gasteiger partial charge in [0, 0.05) is 12.1 Å². The molecule has 0 aromatic rings. The first-order chi connectivity index (χ1) is 10.6. The molecule has 6 nitrogen and oxygen atoms in total. The number of carbonyl (C=O) groups excluding carboxylic acids is 2. The molecule has 0 saturated heterocycles. The van der Waals surface area contributed by atoms with Crippen LogP contribution < -0.4 is 5.43 Å². The number of hydrogen-bond donors (Lipinski definition) is 1. The molecule has 134 valence electrons. The van der Waals surface area contributed by atoms with Crippen LogP contribution in [0.2, 0.25) is 0 Å². The summed E-state index contributed by atoms with van der Waals surface area (Å²) in [6.45, 7) is 11.9. The maximum absolute atomic E-state index is 12.0. The minimum atomic E-state index is -0.520. The Morgan fingerprint density at radius 1 is 1.17 bits per heavy atom. The summed E-state index contributed by atoms with van der Waals surface area (Å²) >= 11 is 0. The van der Waals surface area contributed by atoms with Gasteiger partial charge in [0.2, 0.25) is 0 Å². The van der Waals surface area contributed by atoms with Gasteiger partial charge in [-0.25, -0.2) is 9.80 Å². The topological polar surface area (TPSA) is 67.9 Å². The monoisotopic (exact) mass is 328 g/mol. The van der Waals surface area contributed by atoms with E-state index >= 15 is 0 Å². The van der Waals surface area contributed by atoms with Crippen molar-refractivity contribution in [1.29, 1.82) is 0 Å². The Balaban J connectivity index is 2.57. The van der Waals surface area contributed by atoms with Crippen LogP contribution in [0.1, 0.15) is 67.2 Å². The van der Waals surface area contributed by atoms with E-state index in [9.17, 15) is 9.59 Å². The molecule has 0 heterocycles. The average Bonchev–Trinajstić information content (AvgIpc) is 2.43. The van der Waals surface area contributed by atoms with Crippen molar-refractivity contribution in [2.45, 2.75) is 84.9 Å². The number of rotatable bonds is 5. The van der Waals surface area contributed by atoms with Crippen LogP contribution in [0.3, 0.4) is 0 Å². The fourth-order valence-electron chi connectivity index (χ4n) is 2.90. The lowest BCUT2D eigenvalue weighted by atomic mass is 9.85. The molecule has 0 aromatic heterocycles. The van der Waals surface area contributed by atoms with Gasteiger partial charge in [0.1, 0.15) is 5.60 Å². The Morgan fingerprint density at radius 2 is 1.74 bits per heavy atom. The standard InChI is InChI=1S/C17H32N2O4/c1-7-22-15(20)13-8-10-14(11-9-13)19(12(2)3)18-16(21)23-17(4,5)6/h12-14H,7-11H2,1-6H3,(H,18,21). The van der Waals surface area contributed by atoms with Crippen LogP contribution in [0, 0.1) is 5.92 Å². The quantitative estimate of drug-likeness (QED) is 0.620. The minimum absolute atomic E-state index is 0.0123. The largest absolute Gasteiger partial charge is 0.466 e. The van der Waals surface area contributed by atoms with Crippen LogP contribution in [0.15, 0.2) is 0 Å². The molecule has 6 heteroatoms. The van der Waals surface area contributed by atoms with E-state index in [1.807, 2.05) is 46.6 Å². The Kier molecular flexibility index (Phi) is 7.32. The number of nitrogens with zero attached hydrogens (tertiary/aromatic N) is 1. The molecule has 0 atom stereocenters. The summed E-state index contributed by atoms with van der Waals surface area (Å²) in [7, 11) is 0. The molecule has 0 spiro atoms. The predicted octanol–water partition coefficient (Wildman–Crippen LogP) is 3.26. The third-order valence-electron chi connectivity index (χ3n) is 3.89. The second-order valence-electron chi connectivity index (χ2n) is 7.37. The highest BCUT2D eigenvalue weighted by molar-refractivity contribution is 5.72. The third-order valence-corrected chi connectivity index (χ3v) is 3.89. The van der Waals surface area contributed by atoms with Gasteiger partial charge in [-0.2, -0.15) is 0 Å². The molecule has 0 radical (unpaired) electrons. The van der Waals surface area contributed by atoms with E-state index < -0.39 is 11.7 Å². The summed E-state index contributed by atoms with van der Waals surface area (Å²) in [4.78, 5) is 23.8. The minimum Gasteiger partial charge on any atom is -0.466 e. The number of hydrogen-bond acceptors (Lipinski definition) is 5. The summed E-state index contributed by atoms with van der Waals surface area (Å²) in [6, 6.07) is 0.375. The lowest BCUT2D eigenvalue weighted by Crippen LogP contribution is -2.54. The van der Waals surface area contributed by atoms with Crippen molar-refractivity contribution in [2.24, 2.45) is 5.92 Å². The number of amides is 1. The molecule has 0 bridgehead atoms. The van der Waals surface area contributed by atoms with Gasteiger partial charge < -0.3 is 9.47 Å². The van der Waals surface area contributed by atoms with E-state index in [0.29, 0.717) is 6.61 Å². The van der Waals surface area contributed by atoms with Gasteiger partial charge >= 0.3 is 12.1 Å². The van der Waals surface area contributed by atoms with Crippen molar-refractivity contribution >= 4 is 12.1 Å². The zero-order valence-corrected chi connectivity index (χ0v) is 15.3. The van der Waals surface area contributed by atoms with Crippen LogP contribution in [0.5, 0.6) is 0 Å². The zero-order valence-electron chi connectivity index (χ0n) is 15.3. The Labute approximate surface area is 139 Å². The van der Waals surface area contributed by atoms with Gasteiger partial charge in [0.05, 0.1) is 12.5 Å². The molecule has 0 aliphatic heterocycles. The van der Waals surface area contributed by atoms with Crippen LogP contribution >= 0.6 is 0 Å². The molecule has 0 aromatic carbocycles. The van der Waals surface area contributed by atoms with Crippen molar-refractivity contribution < 1.29 is 19.1 Å². The molecule has 23 heavy (non-hydrogen) atoms. The third kappa shape index (κ3) is 6.77. The Morgan fingerprint density at radius 3 is 2.17 bits per heavy atom. The second kappa shape index (κ2) is 8.52. The Hall–Kier alpha value is -1.30. The maximum atomic E-state index is 12.0. The maximum Gasteiger partial charge on any atom is 0.422 e. The van der Waals surface area contributed by atoms with E-state index in [1.165, 1.54) is 0 Å². The summed E-state index contributed by atoms with van der Waals surface area (Å²) < 4.78 is 10.4. The number of carbonyl (C=O) groups is 2. The zero-order chi connectivity index (χ0) is 17.6. The van der Waals surface area contributed by atoms with Gasteiger partial charge in [-0.15, -0.1) is 0 Å². The fraction of sp³-hybridized carbons (Fsp3) is 0.882. The number of esters is 1. The second-order valence-corrected chi connectivity index (χ2v) is 7.37. The van der Waals surface area contributed by atoms with E-state index in [0.717, 1.165) is 25.7 Å². The first-order valence-corrected chi connectivity index (χ1v) is 8.58. The van der Waals surface area contributed by atoms with Gasteiger partial charge in [-0.1, -0.05) is 0 Å². The number of ether oxygens (including phenoxy) is 2. The van der Waals surface area contributed by atoms with E-state index in [2.05, 4.69) is 5.43 Å². The van der Waals surface area contributed by atoms with E-state index in [-0.39, 0.29) is 24.0 Å². The molecular weight excluding hydrogens is 296 g/mol. The molecule has 1 rings (SSSR count). The molecule has 1 fully saturated rings. The Bertz CT molecular complexity index is 396. The average molecular weight is 328 g/mol. The van der Waals surface area contributed by atoms with E-state index in [1.54, 1.807) is 0 Å². The van der Waals surface area contributed by atoms with Gasteiger partial charge in [0.25, 0.3) is 0 Å². The normalized spacial score (nSPS) is 22.1. The fourth-order valence-corrected chi connectivity index (χ4v) is 2.90. The summed E-state index contributed by atoms with van der Waals surface area (Å²) in [5.41, 5.74) is 2.35. The SMILES string of the molecule is CCOC(=O)C1CCC(N(NC(=O)OC(C)(C)C)C(C)C)CC1. The van der Waals surface area contributed by atoms with Crippen LogP contribution in [-0.2, 0) is 14.3 Å². The molecule has 1 N–H and O–H groups in total. The highest BCUT2D eigenvalue weighted by Crippen LogP contribution is 2.28. The highest BCUT2D eigenvalue weighted by atomic mass is 16.6. The highest BCUT2D eigenvalue weighted by Gasteiger charge is 2.32. The number of hydrazine groups is 1. The molecule has 0 unspecified atom stereocenters. The summed E-state index contributed by atoms with van der Waals surface area (Å²) in [5.74, 6) is -0.108. The van der Waals surface area contributed by atoms with Crippen molar-refractivity contribution in [3.05, 3.63) is 0 Å². The lowest BCUT2D eigenvalue weighted by molar-refractivity contribution is -0.149. The molecule has 1 amide bonds. The van der Waals surface area contributed by atoms with Crippen molar-refractivity contribution in [3.63, 3.8) is 0 Å². The first kappa shape index (κ1) is 19.7. The van der Waals surface area contributed by atoms with Crippen LogP contribution in [-0.4, -0.2) is 41.4 Å². The van der Waals surface area contributed by atoms with Crippen molar-refractivity contribution in [3.8, 4) is 0 Å². The molecule has 1 saturated carbocycles. The van der Waals surface area contributed by atoms with Gasteiger partial charge in [-0.3, -0.25) is 10.2 Å². The summed E-state index contributed by atoms with van der Waals surface area (Å²) in [6.07, 6.45) is 2.87. The van der Waals surface area contributed by atoms with Crippen LogP contribution in [0.25, 0.3) is 0 Å². The first-order valence-electron chi connectivity index (χ1n) is 8.58. The predicted molar refractivity (Wildman–Crippen MR) is 88.7 cm³/mol. The van der Waals surface area contributed by atoms with Crippen molar-refractivity contribution in [2.75, 3.05) is 6.61 Å². The van der Waals surface area contributed by atoms with E-state index in [4.69, 9.17) is 9.47 Å². The molecular formula is C17H32N2O4. The number of nitrogens with one attached hydrogen (secondary N) is 1. The van der Waals surface area contributed by atoms with Crippen LogP contribution in [0.4, 0.5) is 4.79 Å². The van der Waals surface area contributed by atoms with Crippen molar-refractivity contribution in [1.82, 2.24) is 10.4 Å². The summed E-state index contributed by atoms with van der Waals surface area (Å²) in [5, 5.41) is 1.95. The smallest absolute Gasteiger partial charge is 0.422 e. The molecule has 1 aliphatic rings. The lowest BCUT2D eigenvalue weighted by Gasteiger charge is -2.38. The van der Waals surface area contributed by atoms with Gasteiger partial charge in [0.15, 0.2) is 0 Å². The van der Waals surface area contributed by atoms with Gasteiger partial charge in [-0.05, 0) is 67.2 Å². The molecule has 1 aliphatic carbocycles.